The van der Waals surface area contributed by atoms with E-state index in [0.717, 1.165) is 19.3 Å². The average molecular weight is 314 g/mol. The maximum Gasteiger partial charge on any atom is 0.314 e. The summed E-state index contributed by atoms with van der Waals surface area (Å²) in [7, 11) is 0. The Morgan fingerprint density at radius 2 is 2.08 bits per heavy atom. The minimum atomic E-state index is -0.374. The molecule has 0 saturated heterocycles. The van der Waals surface area contributed by atoms with Crippen LogP contribution in [-0.4, -0.2) is 15.8 Å². The second-order valence-corrected chi connectivity index (χ2v) is 7.47. The third-order valence-electron chi connectivity index (χ3n) is 2.44. The van der Waals surface area contributed by atoms with E-state index in [4.69, 9.17) is 4.74 Å². The largest absolute Gasteiger partial charge is 0.465 e. The summed E-state index contributed by atoms with van der Waals surface area (Å²) in [5, 5.41) is 0. The number of hydrogen-bond acceptors (Lipinski definition) is 2. The molecule has 1 atom stereocenters. The van der Waals surface area contributed by atoms with Crippen LogP contribution in [0.4, 0.5) is 0 Å². The molecular formula is C9H14Br2O2. The Kier molecular flexibility index (Phi) is 3.44. The number of carbonyl (C=O) groups is 1. The zero-order valence-corrected chi connectivity index (χ0v) is 11.1. The van der Waals surface area contributed by atoms with Gasteiger partial charge in [-0.1, -0.05) is 45.2 Å². The second kappa shape index (κ2) is 3.89. The van der Waals surface area contributed by atoms with Crippen LogP contribution < -0.4 is 0 Å². The molecule has 1 unspecified atom stereocenters. The van der Waals surface area contributed by atoms with Gasteiger partial charge in [-0.15, -0.1) is 0 Å². The van der Waals surface area contributed by atoms with Crippen molar-refractivity contribution in [1.29, 1.82) is 0 Å². The Morgan fingerprint density at radius 1 is 1.54 bits per heavy atom. The van der Waals surface area contributed by atoms with Gasteiger partial charge in [0.25, 0.3) is 0 Å². The van der Waals surface area contributed by atoms with Crippen molar-refractivity contribution in [2.24, 2.45) is 5.41 Å². The zero-order valence-electron chi connectivity index (χ0n) is 7.90. The molecular weight excluding hydrogens is 300 g/mol. The molecule has 1 aliphatic carbocycles. The molecule has 0 aliphatic heterocycles. The van der Waals surface area contributed by atoms with Gasteiger partial charge in [0, 0.05) is 0 Å². The van der Waals surface area contributed by atoms with Crippen molar-refractivity contribution in [3.8, 4) is 0 Å². The fourth-order valence-electron chi connectivity index (χ4n) is 1.09. The molecule has 0 aromatic heterocycles. The highest BCUT2D eigenvalue weighted by Crippen LogP contribution is 2.66. The molecule has 2 nitrogen and oxygen atoms in total. The van der Waals surface area contributed by atoms with E-state index in [0.29, 0.717) is 6.61 Å². The molecule has 4 heteroatoms. The predicted octanol–water partition coefficient (Wildman–Crippen LogP) is 3.23. The molecule has 0 N–H and O–H groups in total. The van der Waals surface area contributed by atoms with Crippen molar-refractivity contribution in [2.45, 2.75) is 36.3 Å². The maximum atomic E-state index is 11.5. The van der Waals surface area contributed by atoms with Gasteiger partial charge in [-0.2, -0.15) is 0 Å². The first-order valence-electron chi connectivity index (χ1n) is 4.49. The number of carbonyl (C=O) groups excluding carboxylic acids is 1. The van der Waals surface area contributed by atoms with E-state index in [1.54, 1.807) is 0 Å². The van der Waals surface area contributed by atoms with Crippen molar-refractivity contribution in [1.82, 2.24) is 0 Å². The van der Waals surface area contributed by atoms with E-state index < -0.39 is 0 Å². The summed E-state index contributed by atoms with van der Waals surface area (Å²) in [6, 6.07) is 0. The maximum absolute atomic E-state index is 11.5. The lowest BCUT2D eigenvalue weighted by molar-refractivity contribution is -0.149. The first-order chi connectivity index (χ1) is 5.94. The van der Waals surface area contributed by atoms with Gasteiger partial charge in [0.2, 0.25) is 0 Å². The summed E-state index contributed by atoms with van der Waals surface area (Å²) in [6.45, 7) is 4.53. The number of halogens is 2. The lowest BCUT2D eigenvalue weighted by Gasteiger charge is -2.11. The number of rotatable bonds is 4. The fourth-order valence-corrected chi connectivity index (χ4v) is 2.54. The molecule has 0 amide bonds. The Morgan fingerprint density at radius 3 is 2.46 bits per heavy atom. The Labute approximate surface area is 95.7 Å². The van der Waals surface area contributed by atoms with Gasteiger partial charge in [0.05, 0.1) is 15.3 Å². The number of unbranched alkanes of at least 4 members (excludes halogenated alkanes) is 1. The van der Waals surface area contributed by atoms with Crippen LogP contribution in [0, 0.1) is 5.41 Å². The van der Waals surface area contributed by atoms with Gasteiger partial charge in [-0.05, 0) is 19.8 Å². The van der Waals surface area contributed by atoms with E-state index in [9.17, 15) is 4.79 Å². The lowest BCUT2D eigenvalue weighted by atomic mass is 10.1. The number of esters is 1. The molecule has 1 aliphatic rings. The highest BCUT2D eigenvalue weighted by Gasteiger charge is 2.67. The standard InChI is InChI=1S/C9H14Br2O2/c1-3-4-5-13-7(12)8(2)6-9(8,10)11/h3-6H2,1-2H3. The van der Waals surface area contributed by atoms with Crippen LogP contribution in [0.2, 0.25) is 0 Å². The SMILES string of the molecule is CCCCOC(=O)C1(C)CC1(Br)Br. The van der Waals surface area contributed by atoms with Crippen molar-refractivity contribution in [3.63, 3.8) is 0 Å². The molecule has 13 heavy (non-hydrogen) atoms. The summed E-state index contributed by atoms with van der Waals surface area (Å²) >= 11 is 6.87. The lowest BCUT2D eigenvalue weighted by Crippen LogP contribution is -2.21. The highest BCUT2D eigenvalue weighted by molar-refractivity contribution is 9.25. The van der Waals surface area contributed by atoms with E-state index in [1.165, 1.54) is 0 Å². The van der Waals surface area contributed by atoms with Crippen molar-refractivity contribution in [3.05, 3.63) is 0 Å². The van der Waals surface area contributed by atoms with Gasteiger partial charge in [0.1, 0.15) is 0 Å². The molecule has 0 aromatic carbocycles. The third kappa shape index (κ3) is 2.27. The predicted molar refractivity (Wildman–Crippen MR) is 59.2 cm³/mol. The zero-order chi connectivity index (χ0) is 10.1. The summed E-state index contributed by atoms with van der Waals surface area (Å²) in [6.07, 6.45) is 2.79. The molecule has 0 aromatic rings. The second-order valence-electron chi connectivity index (χ2n) is 3.70. The number of ether oxygens (including phenoxy) is 1. The van der Waals surface area contributed by atoms with Gasteiger partial charge >= 0.3 is 5.97 Å². The van der Waals surface area contributed by atoms with Crippen LogP contribution in [0.25, 0.3) is 0 Å². The number of alkyl halides is 2. The van der Waals surface area contributed by atoms with Crippen molar-refractivity contribution >= 4 is 37.8 Å². The Bertz CT molecular complexity index is 216. The van der Waals surface area contributed by atoms with Gasteiger partial charge in [-0.25, -0.2) is 0 Å². The summed E-state index contributed by atoms with van der Waals surface area (Å²) in [5.41, 5.74) is -0.374. The molecule has 0 radical (unpaired) electrons. The first kappa shape index (κ1) is 11.5. The fraction of sp³-hybridized carbons (Fsp3) is 0.889. The van der Waals surface area contributed by atoms with Crippen LogP contribution in [0.1, 0.15) is 33.1 Å². The Balaban J connectivity index is 2.34. The summed E-state index contributed by atoms with van der Waals surface area (Å²) in [5.74, 6) is -0.102. The van der Waals surface area contributed by atoms with Gasteiger partial charge in [-0.3, -0.25) is 4.79 Å². The Hall–Kier alpha value is 0.430. The normalized spacial score (nSPS) is 29.8. The van der Waals surface area contributed by atoms with Crippen LogP contribution in [0.15, 0.2) is 0 Å². The molecule has 0 heterocycles. The van der Waals surface area contributed by atoms with E-state index in [1.807, 2.05) is 6.92 Å². The molecule has 1 rings (SSSR count). The van der Waals surface area contributed by atoms with Crippen LogP contribution in [0.5, 0.6) is 0 Å². The van der Waals surface area contributed by atoms with Gasteiger partial charge < -0.3 is 4.74 Å². The first-order valence-corrected chi connectivity index (χ1v) is 6.08. The van der Waals surface area contributed by atoms with E-state index in [-0.39, 0.29) is 14.6 Å². The van der Waals surface area contributed by atoms with Crippen LogP contribution in [0.3, 0.4) is 0 Å². The smallest absolute Gasteiger partial charge is 0.314 e. The minimum absolute atomic E-state index is 0.102. The number of hydrogen-bond donors (Lipinski definition) is 0. The van der Waals surface area contributed by atoms with Gasteiger partial charge in [0.15, 0.2) is 0 Å². The highest BCUT2D eigenvalue weighted by atomic mass is 79.9. The summed E-state index contributed by atoms with van der Waals surface area (Å²) < 4.78 is 4.92. The molecule has 1 fully saturated rings. The average Bonchev–Trinajstić information content (AvgIpc) is 2.53. The van der Waals surface area contributed by atoms with E-state index >= 15 is 0 Å². The monoisotopic (exact) mass is 312 g/mol. The molecule has 0 bridgehead atoms. The molecule has 0 spiro atoms. The minimum Gasteiger partial charge on any atom is -0.465 e. The van der Waals surface area contributed by atoms with Crippen molar-refractivity contribution in [2.75, 3.05) is 6.61 Å². The van der Waals surface area contributed by atoms with E-state index in [2.05, 4.69) is 38.8 Å². The van der Waals surface area contributed by atoms with Crippen LogP contribution in [-0.2, 0) is 9.53 Å². The third-order valence-corrected chi connectivity index (χ3v) is 4.75. The van der Waals surface area contributed by atoms with Crippen LogP contribution >= 0.6 is 31.9 Å². The molecule has 76 valence electrons. The quantitative estimate of drug-likeness (QED) is 0.452. The topological polar surface area (TPSA) is 26.3 Å². The summed E-state index contributed by atoms with van der Waals surface area (Å²) in [4.78, 5) is 11.5. The molecule has 1 saturated carbocycles. The van der Waals surface area contributed by atoms with Crippen molar-refractivity contribution < 1.29 is 9.53 Å².